The first-order valence-electron chi connectivity index (χ1n) is 7.68. The van der Waals surface area contributed by atoms with E-state index in [-0.39, 0.29) is 16.9 Å². The van der Waals surface area contributed by atoms with E-state index in [1.165, 1.54) is 12.8 Å². The lowest BCUT2D eigenvalue weighted by Gasteiger charge is -2.29. The maximum atomic E-state index is 12.5. The minimum atomic E-state index is -2.83. The van der Waals surface area contributed by atoms with Crippen LogP contribution < -0.4 is 0 Å². The SMILES string of the molecule is O=C(CSC1CCS(=O)(=O)C1)N(C1CCCC1)C1CC1. The molecule has 6 heteroatoms. The van der Waals surface area contributed by atoms with E-state index in [4.69, 9.17) is 0 Å². The minimum Gasteiger partial charge on any atom is -0.336 e. The van der Waals surface area contributed by atoms with Gasteiger partial charge in [-0.2, -0.15) is 0 Å². The molecule has 1 amide bonds. The van der Waals surface area contributed by atoms with E-state index >= 15 is 0 Å². The molecule has 0 aromatic carbocycles. The fraction of sp³-hybridized carbons (Fsp3) is 0.929. The topological polar surface area (TPSA) is 54.5 Å². The number of amides is 1. The molecule has 4 nitrogen and oxygen atoms in total. The van der Waals surface area contributed by atoms with E-state index in [0.717, 1.165) is 25.7 Å². The van der Waals surface area contributed by atoms with E-state index in [9.17, 15) is 13.2 Å². The van der Waals surface area contributed by atoms with E-state index in [2.05, 4.69) is 4.90 Å². The Balaban J connectivity index is 1.52. The molecule has 0 aromatic rings. The molecule has 1 heterocycles. The van der Waals surface area contributed by atoms with Gasteiger partial charge in [-0.3, -0.25) is 4.79 Å². The van der Waals surface area contributed by atoms with Gasteiger partial charge in [-0.05, 0) is 32.1 Å². The Morgan fingerprint density at radius 2 is 1.70 bits per heavy atom. The van der Waals surface area contributed by atoms with Gasteiger partial charge in [0, 0.05) is 17.3 Å². The third-order valence-corrected chi connectivity index (χ3v) is 7.85. The zero-order chi connectivity index (χ0) is 14.2. The number of carbonyl (C=O) groups is 1. The van der Waals surface area contributed by atoms with Crippen molar-refractivity contribution < 1.29 is 13.2 Å². The highest BCUT2D eigenvalue weighted by Gasteiger charge is 2.38. The van der Waals surface area contributed by atoms with E-state index in [1.54, 1.807) is 11.8 Å². The van der Waals surface area contributed by atoms with Gasteiger partial charge in [0.1, 0.15) is 0 Å². The molecular formula is C14H23NO3S2. The summed E-state index contributed by atoms with van der Waals surface area (Å²) in [6.45, 7) is 0. The monoisotopic (exact) mass is 317 g/mol. The van der Waals surface area contributed by atoms with Crippen LogP contribution in [0.5, 0.6) is 0 Å². The minimum absolute atomic E-state index is 0.133. The van der Waals surface area contributed by atoms with Crippen LogP contribution in [0.4, 0.5) is 0 Å². The predicted molar refractivity (Wildman–Crippen MR) is 81.6 cm³/mol. The van der Waals surface area contributed by atoms with Crippen molar-refractivity contribution in [3.63, 3.8) is 0 Å². The van der Waals surface area contributed by atoms with Crippen LogP contribution in [0.2, 0.25) is 0 Å². The number of thioether (sulfide) groups is 1. The summed E-state index contributed by atoms with van der Waals surface area (Å²) in [4.78, 5) is 14.6. The van der Waals surface area contributed by atoms with Gasteiger partial charge in [-0.25, -0.2) is 8.42 Å². The third kappa shape index (κ3) is 3.50. The third-order valence-electron chi connectivity index (χ3n) is 4.58. The zero-order valence-corrected chi connectivity index (χ0v) is 13.4. The van der Waals surface area contributed by atoms with Crippen molar-refractivity contribution in [2.45, 2.75) is 62.3 Å². The standard InChI is InChI=1S/C14H23NO3S2/c16-14(9-19-13-7-8-20(17,18)10-13)15(12-5-6-12)11-3-1-2-4-11/h11-13H,1-10H2. The molecule has 1 unspecified atom stereocenters. The summed E-state index contributed by atoms with van der Waals surface area (Å²) in [5.41, 5.74) is 0. The summed E-state index contributed by atoms with van der Waals surface area (Å²) in [6.07, 6.45) is 7.84. The first-order chi connectivity index (χ1) is 9.55. The van der Waals surface area contributed by atoms with E-state index < -0.39 is 9.84 Å². The average molecular weight is 317 g/mol. The van der Waals surface area contributed by atoms with Gasteiger partial charge >= 0.3 is 0 Å². The lowest BCUT2D eigenvalue weighted by Crippen LogP contribution is -2.41. The molecule has 1 saturated heterocycles. The predicted octanol–water partition coefficient (Wildman–Crippen LogP) is 1.84. The molecular weight excluding hydrogens is 294 g/mol. The first-order valence-corrected chi connectivity index (χ1v) is 10.6. The number of carbonyl (C=O) groups excluding carboxylic acids is 1. The number of hydrogen-bond donors (Lipinski definition) is 0. The molecule has 0 radical (unpaired) electrons. The van der Waals surface area contributed by atoms with Crippen LogP contribution in [-0.2, 0) is 14.6 Å². The van der Waals surface area contributed by atoms with Crippen molar-refractivity contribution >= 4 is 27.5 Å². The highest BCUT2D eigenvalue weighted by Crippen LogP contribution is 2.35. The Bertz CT molecular complexity index is 467. The first kappa shape index (κ1) is 14.7. The molecule has 1 aliphatic heterocycles. The van der Waals surface area contributed by atoms with Crippen molar-refractivity contribution in [2.24, 2.45) is 0 Å². The summed E-state index contributed by atoms with van der Waals surface area (Å²) >= 11 is 1.56. The second-order valence-corrected chi connectivity index (χ2v) is 9.82. The van der Waals surface area contributed by atoms with Gasteiger partial charge in [0.15, 0.2) is 9.84 Å². The van der Waals surface area contributed by atoms with Gasteiger partial charge in [0.2, 0.25) is 5.91 Å². The zero-order valence-electron chi connectivity index (χ0n) is 11.8. The summed E-state index contributed by atoms with van der Waals surface area (Å²) in [7, 11) is -2.83. The molecule has 0 spiro atoms. The largest absolute Gasteiger partial charge is 0.336 e. The van der Waals surface area contributed by atoms with Crippen molar-refractivity contribution in [3.05, 3.63) is 0 Å². The Morgan fingerprint density at radius 3 is 2.25 bits per heavy atom. The fourth-order valence-corrected chi connectivity index (χ4v) is 6.91. The number of nitrogens with zero attached hydrogens (tertiary/aromatic N) is 1. The van der Waals surface area contributed by atoms with E-state index in [0.29, 0.717) is 30.0 Å². The maximum Gasteiger partial charge on any atom is 0.233 e. The van der Waals surface area contributed by atoms with Crippen LogP contribution in [0.15, 0.2) is 0 Å². The Morgan fingerprint density at radius 1 is 1.05 bits per heavy atom. The maximum absolute atomic E-state index is 12.5. The van der Waals surface area contributed by atoms with Gasteiger partial charge in [0.05, 0.1) is 17.3 Å². The number of sulfone groups is 1. The molecule has 2 aliphatic carbocycles. The molecule has 2 saturated carbocycles. The van der Waals surface area contributed by atoms with Gasteiger partial charge < -0.3 is 4.90 Å². The molecule has 0 N–H and O–H groups in total. The Labute approximate surface area is 125 Å². The molecule has 3 rings (SSSR count). The lowest BCUT2D eigenvalue weighted by molar-refractivity contribution is -0.131. The second kappa shape index (κ2) is 5.87. The molecule has 3 fully saturated rings. The normalized spacial score (nSPS) is 29.7. The van der Waals surface area contributed by atoms with Crippen molar-refractivity contribution in [1.29, 1.82) is 0 Å². The number of hydrogen-bond acceptors (Lipinski definition) is 4. The van der Waals surface area contributed by atoms with Gasteiger partial charge in [-0.15, -0.1) is 11.8 Å². The van der Waals surface area contributed by atoms with Crippen molar-refractivity contribution in [3.8, 4) is 0 Å². The Kier molecular flexibility index (Phi) is 4.32. The Hall–Kier alpha value is -0.230. The van der Waals surface area contributed by atoms with Crippen LogP contribution in [0.1, 0.15) is 44.9 Å². The fourth-order valence-electron chi connectivity index (χ4n) is 3.40. The molecule has 114 valence electrons. The van der Waals surface area contributed by atoms with E-state index in [1.807, 2.05) is 0 Å². The molecule has 0 bridgehead atoms. The number of rotatable bonds is 5. The van der Waals surface area contributed by atoms with Crippen LogP contribution in [0.25, 0.3) is 0 Å². The smallest absolute Gasteiger partial charge is 0.233 e. The lowest BCUT2D eigenvalue weighted by atomic mass is 10.2. The van der Waals surface area contributed by atoms with Crippen LogP contribution in [0.3, 0.4) is 0 Å². The average Bonchev–Trinajstić information content (AvgIpc) is 2.94. The summed E-state index contributed by atoms with van der Waals surface area (Å²) in [5.74, 6) is 1.27. The molecule has 0 aromatic heterocycles. The molecule has 20 heavy (non-hydrogen) atoms. The quantitative estimate of drug-likeness (QED) is 0.776. The second-order valence-electron chi connectivity index (χ2n) is 6.31. The highest BCUT2D eigenvalue weighted by molar-refractivity contribution is 8.02. The van der Waals surface area contributed by atoms with Crippen LogP contribution in [0, 0.1) is 0 Å². The molecule has 1 atom stereocenters. The molecule has 3 aliphatic rings. The van der Waals surface area contributed by atoms with Crippen molar-refractivity contribution in [2.75, 3.05) is 17.3 Å². The summed E-state index contributed by atoms with van der Waals surface area (Å²) in [6, 6.07) is 0.946. The van der Waals surface area contributed by atoms with Crippen LogP contribution >= 0.6 is 11.8 Å². The highest BCUT2D eigenvalue weighted by atomic mass is 32.2. The van der Waals surface area contributed by atoms with Gasteiger partial charge in [0.25, 0.3) is 0 Å². The summed E-state index contributed by atoms with van der Waals surface area (Å²) in [5, 5.41) is 0.133. The van der Waals surface area contributed by atoms with Crippen molar-refractivity contribution in [1.82, 2.24) is 4.90 Å². The van der Waals surface area contributed by atoms with Gasteiger partial charge in [-0.1, -0.05) is 12.8 Å². The summed E-state index contributed by atoms with van der Waals surface area (Å²) < 4.78 is 22.9. The van der Waals surface area contributed by atoms with Crippen LogP contribution in [-0.4, -0.2) is 53.8 Å².